The number of nitrogens with zero attached hydrogens (tertiary/aromatic N) is 3. The third kappa shape index (κ3) is 4.47. The fourth-order valence-corrected chi connectivity index (χ4v) is 3.80. The first-order valence-corrected chi connectivity index (χ1v) is 9.95. The highest BCUT2D eigenvalue weighted by atomic mass is 19.4. The van der Waals surface area contributed by atoms with E-state index in [2.05, 4.69) is 25.6 Å². The van der Waals surface area contributed by atoms with Crippen LogP contribution in [0.25, 0.3) is 22.6 Å². The molecule has 9 nitrogen and oxygen atoms in total. The molecular weight excluding hydrogens is 431 g/mol. The van der Waals surface area contributed by atoms with Crippen LogP contribution in [0.5, 0.6) is 0 Å². The van der Waals surface area contributed by atoms with Gasteiger partial charge in [-0.3, -0.25) is 0 Å². The minimum Gasteiger partial charge on any atom is -0.436 e. The summed E-state index contributed by atoms with van der Waals surface area (Å²) >= 11 is 0. The fraction of sp³-hybridized carbons (Fsp3) is 0.450. The zero-order chi connectivity index (χ0) is 23.0. The quantitative estimate of drug-likeness (QED) is 0.380. The van der Waals surface area contributed by atoms with Gasteiger partial charge in [-0.05, 0) is 25.5 Å². The van der Waals surface area contributed by atoms with E-state index in [1.807, 2.05) is 0 Å². The number of para-hydroxylation sites is 2. The van der Waals surface area contributed by atoms with Crippen LogP contribution in [-0.2, 0) is 0 Å². The maximum atomic E-state index is 12.7. The van der Waals surface area contributed by atoms with E-state index in [0.29, 0.717) is 22.4 Å². The molecule has 0 unspecified atom stereocenters. The van der Waals surface area contributed by atoms with Gasteiger partial charge in [-0.1, -0.05) is 12.1 Å². The molecule has 4 rings (SSSR count). The number of oxazole rings is 1. The predicted molar refractivity (Wildman–Crippen MR) is 109 cm³/mol. The summed E-state index contributed by atoms with van der Waals surface area (Å²) in [6.45, 7) is -0.0761. The number of aryl methyl sites for hydroxylation is 1. The second kappa shape index (κ2) is 8.52. The van der Waals surface area contributed by atoms with E-state index in [-0.39, 0.29) is 30.7 Å². The first-order chi connectivity index (χ1) is 15.2. The van der Waals surface area contributed by atoms with Crippen LogP contribution in [0, 0.1) is 12.8 Å². The van der Waals surface area contributed by atoms with E-state index in [4.69, 9.17) is 4.42 Å². The van der Waals surface area contributed by atoms with Crippen molar-refractivity contribution in [1.29, 1.82) is 0 Å². The SMILES string of the molecule is Cc1nc(NCC(F)(F)F)nc(N[C@@H]2C[C@H](CO)[C@@H](O)[C@H]2O)c1-c1nc2ccccc2o1. The number of aliphatic hydroxyl groups excluding tert-OH is 3. The van der Waals surface area contributed by atoms with Crippen molar-refractivity contribution >= 4 is 22.9 Å². The lowest BCUT2D eigenvalue weighted by atomic mass is 10.1. The number of nitrogens with one attached hydrogen (secondary N) is 2. The van der Waals surface area contributed by atoms with Gasteiger partial charge in [0, 0.05) is 12.5 Å². The monoisotopic (exact) mass is 453 g/mol. The van der Waals surface area contributed by atoms with Crippen LogP contribution < -0.4 is 10.6 Å². The summed E-state index contributed by atoms with van der Waals surface area (Å²) in [7, 11) is 0. The summed E-state index contributed by atoms with van der Waals surface area (Å²) < 4.78 is 43.8. The van der Waals surface area contributed by atoms with Gasteiger partial charge in [-0.15, -0.1) is 0 Å². The number of anilines is 2. The van der Waals surface area contributed by atoms with E-state index in [1.165, 1.54) is 0 Å². The van der Waals surface area contributed by atoms with E-state index in [0.717, 1.165) is 0 Å². The molecule has 0 bridgehead atoms. The summed E-state index contributed by atoms with van der Waals surface area (Å²) in [5.41, 5.74) is 1.69. The summed E-state index contributed by atoms with van der Waals surface area (Å²) in [6.07, 6.45) is -6.62. The zero-order valence-electron chi connectivity index (χ0n) is 17.0. The molecule has 0 radical (unpaired) electrons. The van der Waals surface area contributed by atoms with Gasteiger partial charge in [-0.25, -0.2) is 9.97 Å². The molecule has 2 heterocycles. The lowest BCUT2D eigenvalue weighted by Gasteiger charge is -2.21. The summed E-state index contributed by atoms with van der Waals surface area (Å²) in [6, 6.07) is 6.31. The normalized spacial score (nSPS) is 23.6. The van der Waals surface area contributed by atoms with Crippen LogP contribution in [0.4, 0.5) is 24.9 Å². The number of aliphatic hydroxyl groups is 3. The van der Waals surface area contributed by atoms with Crippen LogP contribution in [-0.4, -0.2) is 67.8 Å². The minimum atomic E-state index is -4.47. The number of halogens is 3. The molecule has 4 atom stereocenters. The number of fused-ring (bicyclic) bond motifs is 1. The number of hydrogen-bond acceptors (Lipinski definition) is 9. The van der Waals surface area contributed by atoms with E-state index in [1.54, 1.807) is 31.2 Å². The summed E-state index contributed by atoms with van der Waals surface area (Å²) in [4.78, 5) is 12.7. The molecule has 1 aliphatic carbocycles. The highest BCUT2D eigenvalue weighted by Crippen LogP contribution is 2.35. The minimum absolute atomic E-state index is 0.0866. The van der Waals surface area contributed by atoms with Gasteiger partial charge < -0.3 is 30.4 Å². The molecule has 0 aliphatic heterocycles. The molecule has 32 heavy (non-hydrogen) atoms. The lowest BCUT2D eigenvalue weighted by molar-refractivity contribution is -0.115. The molecule has 1 aliphatic rings. The molecule has 12 heteroatoms. The van der Waals surface area contributed by atoms with Crippen molar-refractivity contribution in [3.8, 4) is 11.5 Å². The van der Waals surface area contributed by atoms with Gasteiger partial charge in [0.2, 0.25) is 11.8 Å². The molecule has 0 saturated heterocycles. The Morgan fingerprint density at radius 2 is 1.88 bits per heavy atom. The molecule has 5 N–H and O–H groups in total. The van der Waals surface area contributed by atoms with Gasteiger partial charge in [0.15, 0.2) is 5.58 Å². The molecule has 3 aromatic rings. The molecule has 1 fully saturated rings. The Balaban J connectivity index is 1.74. The van der Waals surface area contributed by atoms with Crippen molar-refractivity contribution in [3.63, 3.8) is 0 Å². The lowest BCUT2D eigenvalue weighted by Crippen LogP contribution is -2.36. The van der Waals surface area contributed by atoms with Crippen molar-refractivity contribution < 1.29 is 32.9 Å². The van der Waals surface area contributed by atoms with E-state index in [9.17, 15) is 28.5 Å². The molecule has 172 valence electrons. The topological polar surface area (TPSA) is 137 Å². The van der Waals surface area contributed by atoms with Crippen molar-refractivity contribution in [2.75, 3.05) is 23.8 Å². The second-order valence-corrected chi connectivity index (χ2v) is 7.72. The number of rotatable bonds is 6. The fourth-order valence-electron chi connectivity index (χ4n) is 3.80. The van der Waals surface area contributed by atoms with Crippen molar-refractivity contribution in [2.24, 2.45) is 5.92 Å². The zero-order valence-corrected chi connectivity index (χ0v) is 17.0. The highest BCUT2D eigenvalue weighted by Gasteiger charge is 2.41. The first kappa shape index (κ1) is 22.2. The van der Waals surface area contributed by atoms with Crippen molar-refractivity contribution in [2.45, 2.75) is 37.8 Å². The van der Waals surface area contributed by atoms with Gasteiger partial charge >= 0.3 is 6.18 Å². The number of hydrogen-bond donors (Lipinski definition) is 5. The molecule has 2 aromatic heterocycles. The van der Waals surface area contributed by atoms with Gasteiger partial charge in [-0.2, -0.15) is 18.2 Å². The van der Waals surface area contributed by atoms with Crippen LogP contribution in [0.15, 0.2) is 28.7 Å². The van der Waals surface area contributed by atoms with Crippen molar-refractivity contribution in [3.05, 3.63) is 30.0 Å². The van der Waals surface area contributed by atoms with E-state index < -0.39 is 36.9 Å². The van der Waals surface area contributed by atoms with Crippen molar-refractivity contribution in [1.82, 2.24) is 15.0 Å². The maximum absolute atomic E-state index is 12.7. The van der Waals surface area contributed by atoms with Gasteiger partial charge in [0.25, 0.3) is 0 Å². The number of alkyl halides is 3. The standard InChI is InChI=1S/C20H22F3N5O4/c1-9-14(18-27-11-4-2-3-5-13(11)32-18)17(28-19(25-9)24-8-20(21,22)23)26-12-6-10(7-29)15(30)16(12)31/h2-5,10,12,15-16,29-31H,6-8H2,1H3,(H2,24,25,26,28)/t10-,12-,15-,16+/m1/s1. The van der Waals surface area contributed by atoms with Crippen LogP contribution in [0.1, 0.15) is 12.1 Å². The van der Waals surface area contributed by atoms with Crippen LogP contribution in [0.2, 0.25) is 0 Å². The Morgan fingerprint density at radius 3 is 2.53 bits per heavy atom. The molecule has 0 amide bonds. The molecule has 1 saturated carbocycles. The Morgan fingerprint density at radius 1 is 1.12 bits per heavy atom. The van der Waals surface area contributed by atoms with Crippen LogP contribution in [0.3, 0.4) is 0 Å². The Hall–Kier alpha value is -2.96. The smallest absolute Gasteiger partial charge is 0.405 e. The summed E-state index contributed by atoms with van der Waals surface area (Å²) in [5.74, 6) is -0.584. The number of benzene rings is 1. The highest BCUT2D eigenvalue weighted by molar-refractivity contribution is 5.80. The molecule has 0 spiro atoms. The second-order valence-electron chi connectivity index (χ2n) is 7.72. The average Bonchev–Trinajstić information content (AvgIpc) is 3.27. The van der Waals surface area contributed by atoms with Gasteiger partial charge in [0.1, 0.15) is 29.5 Å². The van der Waals surface area contributed by atoms with Crippen LogP contribution >= 0.6 is 0 Å². The van der Waals surface area contributed by atoms with Gasteiger partial charge in [0.05, 0.1) is 17.8 Å². The maximum Gasteiger partial charge on any atom is 0.405 e. The third-order valence-electron chi connectivity index (χ3n) is 5.40. The predicted octanol–water partition coefficient (Wildman–Crippen LogP) is 2.08. The molecular formula is C20H22F3N5O4. The Bertz CT molecular complexity index is 1070. The third-order valence-corrected chi connectivity index (χ3v) is 5.40. The Kier molecular flexibility index (Phi) is 5.93. The first-order valence-electron chi connectivity index (χ1n) is 9.95. The average molecular weight is 453 g/mol. The molecule has 1 aromatic carbocycles. The summed E-state index contributed by atoms with van der Waals surface area (Å²) in [5, 5.41) is 35.0. The number of aromatic nitrogens is 3. The largest absolute Gasteiger partial charge is 0.436 e. The van der Waals surface area contributed by atoms with E-state index >= 15 is 0 Å². The Labute approximate surface area is 180 Å².